The smallest absolute Gasteiger partial charge is 0.414 e. The van der Waals surface area contributed by atoms with Crippen LogP contribution in [-0.2, 0) is 37.8 Å². The van der Waals surface area contributed by atoms with Crippen molar-refractivity contribution in [1.82, 2.24) is 4.90 Å². The molecule has 3 aliphatic heterocycles. The fourth-order valence-corrected chi connectivity index (χ4v) is 9.97. The molecule has 2 saturated heterocycles. The summed E-state index contributed by atoms with van der Waals surface area (Å²) in [5.74, 6) is -1.20. The second-order valence-corrected chi connectivity index (χ2v) is 16.6. The van der Waals surface area contributed by atoms with Crippen LogP contribution in [0.25, 0.3) is 0 Å². The number of ether oxygens (including phenoxy) is 2. The van der Waals surface area contributed by atoms with E-state index in [1.165, 1.54) is 4.90 Å². The van der Waals surface area contributed by atoms with Gasteiger partial charge >= 0.3 is 6.09 Å². The zero-order valence-corrected chi connectivity index (χ0v) is 27.4. The molecule has 242 valence electrons. The van der Waals surface area contributed by atoms with Gasteiger partial charge in [0, 0.05) is 35.8 Å². The molecular weight excluding hydrogens is 605 g/mol. The van der Waals surface area contributed by atoms with Crippen molar-refractivity contribution in [2.45, 2.75) is 56.8 Å². The molecule has 9 nitrogen and oxygen atoms in total. The van der Waals surface area contributed by atoms with Gasteiger partial charge in [-0.1, -0.05) is 67.6 Å². The topological polar surface area (TPSA) is 99.6 Å². The molecule has 4 atom stereocenters. The zero-order chi connectivity index (χ0) is 32.6. The van der Waals surface area contributed by atoms with E-state index in [4.69, 9.17) is 9.47 Å². The third-order valence-corrected chi connectivity index (χ3v) is 12.0. The summed E-state index contributed by atoms with van der Waals surface area (Å²) >= 11 is 0. The molecule has 1 N–H and O–H groups in total. The molecular formula is C35H40FN3O6Si. The monoisotopic (exact) mass is 645 g/mol. The van der Waals surface area contributed by atoms with Gasteiger partial charge in [-0.3, -0.25) is 14.5 Å². The van der Waals surface area contributed by atoms with Crippen molar-refractivity contribution in [3.8, 4) is 0 Å². The lowest BCUT2D eigenvalue weighted by molar-refractivity contribution is -0.150. The number of nitrogens with zero attached hydrogens (tertiary/aromatic N) is 3. The molecule has 0 unspecified atom stereocenters. The number of aliphatic hydroxyl groups excluding tert-OH is 1. The maximum atomic E-state index is 16.4. The summed E-state index contributed by atoms with van der Waals surface area (Å²) in [6.45, 7) is 6.14. The fraction of sp³-hybridized carbons (Fsp3) is 0.400. The Labute approximate surface area is 269 Å². The largest absolute Gasteiger partial charge is 0.447 e. The lowest BCUT2D eigenvalue weighted by Crippen LogP contribution is -2.45. The number of fused-ring (bicyclic) bond motifs is 2. The first-order valence-electron chi connectivity index (χ1n) is 15.8. The number of aliphatic hydroxyl groups is 1. The number of amides is 3. The lowest BCUT2D eigenvalue weighted by atomic mass is 9.82. The van der Waals surface area contributed by atoms with Crippen LogP contribution in [0, 0.1) is 5.92 Å². The summed E-state index contributed by atoms with van der Waals surface area (Å²) in [4.78, 5) is 45.9. The van der Waals surface area contributed by atoms with E-state index in [2.05, 4.69) is 0 Å². The highest BCUT2D eigenvalue weighted by molar-refractivity contribution is 6.72. The summed E-state index contributed by atoms with van der Waals surface area (Å²) in [5, 5.41) is 9.78. The molecule has 3 aromatic rings. The Balaban J connectivity index is 1.40. The third-order valence-electron chi connectivity index (χ3n) is 9.51. The molecule has 0 saturated carbocycles. The molecule has 0 radical (unpaired) electrons. The Bertz CT molecular complexity index is 1600. The fourth-order valence-electron chi connectivity index (χ4n) is 7.47. The summed E-state index contributed by atoms with van der Waals surface area (Å²) in [7, 11) is -3.54. The van der Waals surface area contributed by atoms with Crippen molar-refractivity contribution in [3.05, 3.63) is 95.6 Å². The average Bonchev–Trinajstić information content (AvgIpc) is 3.66. The summed E-state index contributed by atoms with van der Waals surface area (Å²) in [6.07, 6.45) is -1.48. The number of hydrogen-bond acceptors (Lipinski definition) is 6. The Hall–Kier alpha value is -4.06. The number of carbonyl (C=O) groups excluding carboxylic acids is 3. The summed E-state index contributed by atoms with van der Waals surface area (Å²) < 4.78 is 28.4. The Kier molecular flexibility index (Phi) is 8.75. The van der Waals surface area contributed by atoms with E-state index < -0.39 is 37.7 Å². The second kappa shape index (κ2) is 12.6. The summed E-state index contributed by atoms with van der Waals surface area (Å²) in [5.41, 5.74) is 1.34. The highest BCUT2D eigenvalue weighted by Crippen LogP contribution is 2.60. The minimum Gasteiger partial charge on any atom is -0.447 e. The predicted molar refractivity (Wildman–Crippen MR) is 174 cm³/mol. The molecule has 3 aromatic carbocycles. The molecule has 11 heteroatoms. The van der Waals surface area contributed by atoms with Gasteiger partial charge < -0.3 is 28.5 Å². The standard InChI is InChI=1S/C35H40FN3O6Si/c1-24-32(46(2,3)36)30(21-31(41)37(16-18-40)22-25-10-6-4-7-11-25)45-35(24)28-20-27(38-17-19-44-34(38)43)14-15-29(28)39(33(35)42)23-26-12-8-5-9-13-26/h4-15,20,24,30,32,40H,16-19,21-23H2,1-3H3/t24-,30+,32-,35+/m0/s1. The van der Waals surface area contributed by atoms with E-state index in [1.54, 1.807) is 35.0 Å². The van der Waals surface area contributed by atoms with Crippen molar-refractivity contribution in [1.29, 1.82) is 0 Å². The van der Waals surface area contributed by atoms with Crippen LogP contribution in [0.4, 0.5) is 20.3 Å². The van der Waals surface area contributed by atoms with E-state index in [0.717, 1.165) is 11.1 Å². The number of rotatable bonds is 10. The number of halogens is 1. The van der Waals surface area contributed by atoms with Gasteiger partial charge in [-0.2, -0.15) is 0 Å². The minimum absolute atomic E-state index is 0.115. The predicted octanol–water partition coefficient (Wildman–Crippen LogP) is 5.38. The molecule has 3 heterocycles. The van der Waals surface area contributed by atoms with Crippen LogP contribution in [-0.4, -0.2) is 68.7 Å². The van der Waals surface area contributed by atoms with Crippen LogP contribution in [0.2, 0.25) is 18.6 Å². The van der Waals surface area contributed by atoms with Crippen molar-refractivity contribution in [2.24, 2.45) is 5.92 Å². The third kappa shape index (κ3) is 5.71. The van der Waals surface area contributed by atoms with Crippen LogP contribution in [0.5, 0.6) is 0 Å². The van der Waals surface area contributed by atoms with Crippen molar-refractivity contribution in [2.75, 3.05) is 36.1 Å². The number of carbonyl (C=O) groups is 3. The van der Waals surface area contributed by atoms with Crippen molar-refractivity contribution in [3.63, 3.8) is 0 Å². The maximum Gasteiger partial charge on any atom is 0.414 e. The van der Waals surface area contributed by atoms with E-state index in [0.29, 0.717) is 23.5 Å². The van der Waals surface area contributed by atoms with Gasteiger partial charge in [0.05, 0.1) is 37.9 Å². The molecule has 0 aromatic heterocycles. The normalized spacial score (nSPS) is 24.1. The van der Waals surface area contributed by atoms with Crippen LogP contribution in [0.1, 0.15) is 30.0 Å². The molecule has 46 heavy (non-hydrogen) atoms. The first kappa shape index (κ1) is 31.9. The van der Waals surface area contributed by atoms with Gasteiger partial charge in [-0.25, -0.2) is 4.79 Å². The number of anilines is 2. The van der Waals surface area contributed by atoms with E-state index in [9.17, 15) is 19.5 Å². The molecule has 2 fully saturated rings. The van der Waals surface area contributed by atoms with Crippen LogP contribution >= 0.6 is 0 Å². The van der Waals surface area contributed by atoms with Crippen LogP contribution in [0.3, 0.4) is 0 Å². The number of hydrogen-bond donors (Lipinski definition) is 1. The Morgan fingerprint density at radius 1 is 1.04 bits per heavy atom. The summed E-state index contributed by atoms with van der Waals surface area (Å²) in [6, 6.07) is 24.5. The highest BCUT2D eigenvalue weighted by Gasteiger charge is 2.67. The quantitative estimate of drug-likeness (QED) is 0.235. The van der Waals surface area contributed by atoms with Gasteiger partial charge in [0.15, 0.2) is 5.60 Å². The SMILES string of the molecule is C[C@H]1[C@H]([Si](C)(C)F)[C@@H](CC(=O)N(CCO)Cc2ccccc2)O[C@]12C(=O)N(Cc1ccccc1)c1ccc(N3CCOC3=O)cc12. The minimum atomic E-state index is -3.54. The van der Waals surface area contributed by atoms with E-state index in [-0.39, 0.29) is 51.1 Å². The lowest BCUT2D eigenvalue weighted by Gasteiger charge is -2.31. The second-order valence-electron chi connectivity index (χ2n) is 12.8. The average molecular weight is 646 g/mol. The molecule has 0 aliphatic carbocycles. The van der Waals surface area contributed by atoms with Gasteiger partial charge in [-0.05, 0) is 42.4 Å². The van der Waals surface area contributed by atoms with Crippen molar-refractivity contribution >= 4 is 37.7 Å². The molecule has 3 amide bonds. The molecule has 3 aliphatic rings. The van der Waals surface area contributed by atoms with Gasteiger partial charge in [0.25, 0.3) is 5.91 Å². The van der Waals surface area contributed by atoms with Crippen molar-refractivity contribution < 1.29 is 33.1 Å². The highest BCUT2D eigenvalue weighted by atomic mass is 28.4. The number of benzene rings is 3. The van der Waals surface area contributed by atoms with Gasteiger partial charge in [0.2, 0.25) is 14.3 Å². The van der Waals surface area contributed by atoms with Crippen LogP contribution < -0.4 is 9.80 Å². The first-order chi connectivity index (χ1) is 22.0. The molecule has 0 bridgehead atoms. The maximum absolute atomic E-state index is 16.4. The van der Waals surface area contributed by atoms with Gasteiger partial charge in [0.1, 0.15) is 6.61 Å². The first-order valence-corrected chi connectivity index (χ1v) is 18.7. The van der Waals surface area contributed by atoms with E-state index >= 15 is 4.11 Å². The zero-order valence-electron chi connectivity index (χ0n) is 26.4. The molecule has 1 spiro atoms. The van der Waals surface area contributed by atoms with E-state index in [1.807, 2.05) is 73.7 Å². The molecule has 6 rings (SSSR count). The number of cyclic esters (lactones) is 1. The van der Waals surface area contributed by atoms with Gasteiger partial charge in [-0.15, -0.1) is 0 Å². The Morgan fingerprint density at radius 2 is 1.72 bits per heavy atom. The van der Waals surface area contributed by atoms with Crippen LogP contribution in [0.15, 0.2) is 78.9 Å². The Morgan fingerprint density at radius 3 is 2.33 bits per heavy atom.